The monoisotopic (exact) mass is 668 g/mol. The summed E-state index contributed by atoms with van der Waals surface area (Å²) in [5.74, 6) is -0.0784. The first-order chi connectivity index (χ1) is 23.3. The van der Waals surface area contributed by atoms with Gasteiger partial charge in [0.15, 0.2) is 11.6 Å². The Kier molecular flexibility index (Phi) is 11.4. The highest BCUT2D eigenvalue weighted by Gasteiger charge is 2.12. The molecule has 0 saturated carbocycles. The Hall–Kier alpha value is -5.69. The fourth-order valence-corrected chi connectivity index (χ4v) is 5.11. The number of aromatic nitrogens is 3. The average molecular weight is 670 g/mol. The van der Waals surface area contributed by atoms with Gasteiger partial charge in [0.2, 0.25) is 0 Å². The molecule has 2 N–H and O–H groups in total. The van der Waals surface area contributed by atoms with Crippen molar-refractivity contribution in [2.75, 3.05) is 5.73 Å². The van der Waals surface area contributed by atoms with Gasteiger partial charge in [-0.1, -0.05) is 102 Å². The van der Waals surface area contributed by atoms with E-state index in [1.807, 2.05) is 72.8 Å². The molecular formula is C40H30Cl2N4O2. The van der Waals surface area contributed by atoms with Crippen LogP contribution in [0, 0.1) is 0 Å². The molecule has 0 bridgehead atoms. The lowest BCUT2D eigenvalue weighted by atomic mass is 9.99. The molecule has 0 unspecified atom stereocenters. The van der Waals surface area contributed by atoms with Crippen molar-refractivity contribution in [3.8, 4) is 22.5 Å². The second-order valence-electron chi connectivity index (χ2n) is 10.5. The van der Waals surface area contributed by atoms with Gasteiger partial charge in [0.05, 0.1) is 16.9 Å². The molecule has 0 aliphatic heterocycles. The molecule has 0 radical (unpaired) electrons. The standard InChI is InChI=1S/C20H13ClN2.C13H10ClNO.C7H7NO/c21-15-9-10-16-17(14-6-2-1-3-7-14)13-20(23-19(16)12-15)18-8-4-5-11-22-18;14-10-6-7-11(12(15)8-10)13(16)9-4-2-1-3-5-9;1-6(9)7-4-2-3-5-8-7/h1-13H;1-8H,15H2;2-5H,1H3. The van der Waals surface area contributed by atoms with Gasteiger partial charge in [0.25, 0.3) is 0 Å². The van der Waals surface area contributed by atoms with E-state index < -0.39 is 0 Å². The number of hydrogen-bond acceptors (Lipinski definition) is 6. The summed E-state index contributed by atoms with van der Waals surface area (Å²) in [5.41, 5.74) is 12.6. The molecule has 7 rings (SSSR count). The lowest BCUT2D eigenvalue weighted by molar-refractivity contribution is 0.101. The van der Waals surface area contributed by atoms with E-state index in [-0.39, 0.29) is 11.6 Å². The number of carbonyl (C=O) groups excluding carboxylic acids is 2. The van der Waals surface area contributed by atoms with Crippen molar-refractivity contribution >= 4 is 51.4 Å². The number of carbonyl (C=O) groups is 2. The van der Waals surface area contributed by atoms with Crippen molar-refractivity contribution in [1.29, 1.82) is 0 Å². The Morgan fingerprint density at radius 3 is 1.85 bits per heavy atom. The second kappa shape index (κ2) is 16.2. The number of ketones is 2. The van der Waals surface area contributed by atoms with Gasteiger partial charge in [-0.3, -0.25) is 19.6 Å². The molecule has 0 saturated heterocycles. The number of rotatable bonds is 5. The predicted octanol–water partition coefficient (Wildman–Crippen LogP) is 10.1. The summed E-state index contributed by atoms with van der Waals surface area (Å²) in [4.78, 5) is 35.6. The summed E-state index contributed by atoms with van der Waals surface area (Å²) in [5, 5.41) is 2.30. The smallest absolute Gasteiger partial charge is 0.195 e. The predicted molar refractivity (Wildman–Crippen MR) is 195 cm³/mol. The van der Waals surface area contributed by atoms with E-state index in [4.69, 9.17) is 33.9 Å². The molecule has 0 amide bonds. The minimum Gasteiger partial charge on any atom is -0.398 e. The molecule has 8 heteroatoms. The molecule has 0 aliphatic rings. The van der Waals surface area contributed by atoms with E-state index in [9.17, 15) is 9.59 Å². The van der Waals surface area contributed by atoms with Gasteiger partial charge in [-0.2, -0.15) is 0 Å². The maximum atomic E-state index is 12.1. The van der Waals surface area contributed by atoms with Gasteiger partial charge >= 0.3 is 0 Å². The number of nitrogen functional groups attached to an aromatic ring is 1. The molecule has 48 heavy (non-hydrogen) atoms. The second-order valence-corrected chi connectivity index (χ2v) is 11.4. The van der Waals surface area contributed by atoms with Crippen LogP contribution in [0.5, 0.6) is 0 Å². The fourth-order valence-electron chi connectivity index (χ4n) is 4.76. The van der Waals surface area contributed by atoms with Crippen LogP contribution in [0.4, 0.5) is 5.69 Å². The number of anilines is 1. The average Bonchev–Trinajstić information content (AvgIpc) is 3.13. The van der Waals surface area contributed by atoms with Crippen molar-refractivity contribution in [3.63, 3.8) is 0 Å². The van der Waals surface area contributed by atoms with Gasteiger partial charge < -0.3 is 5.73 Å². The van der Waals surface area contributed by atoms with E-state index >= 15 is 0 Å². The van der Waals surface area contributed by atoms with Crippen LogP contribution >= 0.6 is 23.2 Å². The lowest BCUT2D eigenvalue weighted by Gasteiger charge is -2.10. The van der Waals surface area contributed by atoms with Gasteiger partial charge in [-0.25, -0.2) is 4.98 Å². The Balaban J connectivity index is 0.000000156. The minimum atomic E-state index is -0.0882. The fraction of sp³-hybridized carbons (Fsp3) is 0.0250. The number of hydrogen-bond donors (Lipinski definition) is 1. The summed E-state index contributed by atoms with van der Waals surface area (Å²) >= 11 is 11.9. The Morgan fingerprint density at radius 1 is 0.625 bits per heavy atom. The van der Waals surface area contributed by atoms with Crippen molar-refractivity contribution in [1.82, 2.24) is 15.0 Å². The topological polar surface area (TPSA) is 98.8 Å². The number of nitrogens with two attached hydrogens (primary N) is 1. The quantitative estimate of drug-likeness (QED) is 0.145. The maximum absolute atomic E-state index is 12.1. The van der Waals surface area contributed by atoms with Crippen LogP contribution in [-0.4, -0.2) is 26.5 Å². The van der Waals surface area contributed by atoms with E-state index in [0.29, 0.717) is 32.6 Å². The maximum Gasteiger partial charge on any atom is 0.195 e. The summed E-state index contributed by atoms with van der Waals surface area (Å²) in [6.07, 6.45) is 3.39. The molecular weight excluding hydrogens is 639 g/mol. The number of halogens is 2. The zero-order chi connectivity index (χ0) is 33.9. The van der Waals surface area contributed by atoms with Crippen molar-refractivity contribution < 1.29 is 9.59 Å². The van der Waals surface area contributed by atoms with Crippen molar-refractivity contribution in [3.05, 3.63) is 179 Å². The largest absolute Gasteiger partial charge is 0.398 e. The highest BCUT2D eigenvalue weighted by molar-refractivity contribution is 6.31. The molecule has 3 heterocycles. The Bertz CT molecular complexity index is 2150. The van der Waals surface area contributed by atoms with E-state index in [1.54, 1.807) is 60.9 Å². The normalized spacial score (nSPS) is 10.2. The number of pyridine rings is 3. The van der Waals surface area contributed by atoms with Crippen LogP contribution in [0.25, 0.3) is 33.4 Å². The summed E-state index contributed by atoms with van der Waals surface area (Å²) in [6, 6.07) is 43.2. The molecule has 3 aromatic heterocycles. The highest BCUT2D eigenvalue weighted by Crippen LogP contribution is 2.32. The van der Waals surface area contributed by atoms with Crippen LogP contribution in [0.3, 0.4) is 0 Å². The molecule has 236 valence electrons. The third kappa shape index (κ3) is 8.76. The van der Waals surface area contributed by atoms with E-state index in [2.05, 4.69) is 28.2 Å². The number of fused-ring (bicyclic) bond motifs is 1. The van der Waals surface area contributed by atoms with E-state index in [1.165, 1.54) is 6.92 Å². The van der Waals surface area contributed by atoms with Crippen LogP contribution in [-0.2, 0) is 0 Å². The summed E-state index contributed by atoms with van der Waals surface area (Å²) in [7, 11) is 0. The molecule has 6 nitrogen and oxygen atoms in total. The summed E-state index contributed by atoms with van der Waals surface area (Å²) < 4.78 is 0. The van der Waals surface area contributed by atoms with Gasteiger partial charge in [-0.15, -0.1) is 0 Å². The van der Waals surface area contributed by atoms with Crippen molar-refractivity contribution in [2.24, 2.45) is 0 Å². The highest BCUT2D eigenvalue weighted by atomic mass is 35.5. The first kappa shape index (κ1) is 33.7. The van der Waals surface area contributed by atoms with Crippen molar-refractivity contribution in [2.45, 2.75) is 6.92 Å². The van der Waals surface area contributed by atoms with Crippen LogP contribution < -0.4 is 5.73 Å². The van der Waals surface area contributed by atoms with Gasteiger partial charge in [0.1, 0.15) is 5.69 Å². The third-order valence-corrected chi connectivity index (χ3v) is 7.57. The Morgan fingerprint density at radius 2 is 1.25 bits per heavy atom. The first-order valence-corrected chi connectivity index (χ1v) is 15.7. The van der Waals surface area contributed by atoms with Crippen LogP contribution in [0.2, 0.25) is 10.0 Å². The van der Waals surface area contributed by atoms with Crippen LogP contribution in [0.1, 0.15) is 33.3 Å². The first-order valence-electron chi connectivity index (χ1n) is 14.9. The zero-order valence-corrected chi connectivity index (χ0v) is 27.4. The summed E-state index contributed by atoms with van der Waals surface area (Å²) in [6.45, 7) is 1.50. The zero-order valence-electron chi connectivity index (χ0n) is 25.9. The number of Topliss-reactive ketones (excluding diaryl/α,β-unsaturated/α-hetero) is 1. The number of benzene rings is 4. The third-order valence-electron chi connectivity index (χ3n) is 7.10. The molecule has 0 aliphatic carbocycles. The molecule has 0 atom stereocenters. The Labute approximate surface area is 288 Å². The lowest BCUT2D eigenvalue weighted by Crippen LogP contribution is -2.04. The molecule has 4 aromatic carbocycles. The van der Waals surface area contributed by atoms with E-state index in [0.717, 1.165) is 33.4 Å². The minimum absolute atomic E-state index is 0.00981. The molecule has 7 aromatic rings. The number of nitrogens with zero attached hydrogens (tertiary/aromatic N) is 3. The van der Waals surface area contributed by atoms with Gasteiger partial charge in [-0.05, 0) is 71.8 Å². The van der Waals surface area contributed by atoms with Crippen LogP contribution in [0.15, 0.2) is 152 Å². The SMILES string of the molecule is CC(=O)c1ccccn1.Clc1ccc2c(-c3ccccc3)cc(-c3ccccn3)nc2c1.Nc1cc(Cl)ccc1C(=O)c1ccccc1. The van der Waals surface area contributed by atoms with Gasteiger partial charge in [0, 0.05) is 51.6 Å². The molecule has 0 fully saturated rings. The molecule has 0 spiro atoms.